The fraction of sp³-hybridized carbons (Fsp3) is 0.884. The van der Waals surface area contributed by atoms with Gasteiger partial charge in [0.2, 0.25) is 0 Å². The summed E-state index contributed by atoms with van der Waals surface area (Å²) in [4.78, 5) is 12.8. The Morgan fingerprint density at radius 1 is 0.661 bits per heavy atom. The molecule has 0 amide bonds. The predicted octanol–water partition coefficient (Wildman–Crippen LogP) is 8.85. The maximum absolute atomic E-state index is 12.8. The second kappa shape index (κ2) is 35.5. The van der Waals surface area contributed by atoms with Gasteiger partial charge in [-0.1, -0.05) is 134 Å². The van der Waals surface area contributed by atoms with Crippen molar-refractivity contribution in [3.63, 3.8) is 0 Å². The molecule has 6 atom stereocenters. The smallest absolute Gasteiger partial charge is 0.397 e. The van der Waals surface area contributed by atoms with Crippen LogP contribution >= 0.6 is 0 Å². The first kappa shape index (κ1) is 52.6. The van der Waals surface area contributed by atoms with E-state index in [1.807, 2.05) is 0 Å². The highest BCUT2D eigenvalue weighted by atomic mass is 32.3. The van der Waals surface area contributed by atoms with Crippen LogP contribution in [0.4, 0.5) is 0 Å². The third-order valence-electron chi connectivity index (χ3n) is 10.0. The number of rotatable bonds is 38. The van der Waals surface area contributed by atoms with Gasteiger partial charge in [0.15, 0.2) is 6.29 Å². The Labute approximate surface area is 340 Å². The summed E-state index contributed by atoms with van der Waals surface area (Å²) in [5.74, 6) is -0.410. The van der Waals surface area contributed by atoms with Crippen LogP contribution in [0.25, 0.3) is 0 Å². The summed E-state index contributed by atoms with van der Waals surface area (Å²) in [6.45, 7) is 3.94. The second-order valence-corrected chi connectivity index (χ2v) is 16.3. The summed E-state index contributed by atoms with van der Waals surface area (Å²) in [7, 11) is -5.06. The highest BCUT2D eigenvalue weighted by Gasteiger charge is 2.48. The number of esters is 1. The minimum absolute atomic E-state index is 0.0305. The van der Waals surface area contributed by atoms with E-state index in [-0.39, 0.29) is 19.6 Å². The fourth-order valence-electron chi connectivity index (χ4n) is 6.66. The highest BCUT2D eigenvalue weighted by molar-refractivity contribution is 7.80. The lowest BCUT2D eigenvalue weighted by Crippen LogP contribution is -2.60. The number of carbonyl (C=O) groups excluding carboxylic acids is 1. The van der Waals surface area contributed by atoms with Gasteiger partial charge in [0, 0.05) is 13.0 Å². The SMILES string of the molecule is CCCCCC/C=C\CCCCCCCC(=O)OC(COCCCCCCCC/C=C\CCCCCCCC)COC1OC(CO)C(O)C(OS(=O)(=O)O)C1O. The van der Waals surface area contributed by atoms with E-state index in [9.17, 15) is 28.5 Å². The number of aliphatic hydroxyl groups excluding tert-OH is 3. The normalized spacial score (nSPS) is 21.0. The molecular weight excluding hydrogens is 741 g/mol. The molecule has 0 saturated carbocycles. The van der Waals surface area contributed by atoms with Crippen molar-refractivity contribution < 1.29 is 56.2 Å². The molecule has 0 aromatic rings. The van der Waals surface area contributed by atoms with E-state index >= 15 is 0 Å². The molecule has 6 unspecified atom stereocenters. The second-order valence-electron chi connectivity index (χ2n) is 15.3. The van der Waals surface area contributed by atoms with Gasteiger partial charge in [-0.05, 0) is 64.2 Å². The minimum atomic E-state index is -5.06. The molecule has 0 radical (unpaired) electrons. The number of carbonyl (C=O) groups is 1. The van der Waals surface area contributed by atoms with E-state index in [2.05, 4.69) is 42.3 Å². The molecule has 0 aromatic carbocycles. The van der Waals surface area contributed by atoms with Crippen LogP contribution < -0.4 is 0 Å². The third-order valence-corrected chi connectivity index (χ3v) is 10.5. The molecule has 0 spiro atoms. The number of hydrogen-bond acceptors (Lipinski definition) is 11. The van der Waals surface area contributed by atoms with E-state index in [0.29, 0.717) is 13.0 Å². The van der Waals surface area contributed by atoms with Crippen molar-refractivity contribution in [3.05, 3.63) is 24.3 Å². The first-order valence-corrected chi connectivity index (χ1v) is 23.5. The Bertz CT molecular complexity index is 1080. The number of ether oxygens (including phenoxy) is 4. The van der Waals surface area contributed by atoms with E-state index in [0.717, 1.165) is 64.2 Å². The molecule has 0 aromatic heterocycles. The maximum Gasteiger partial charge on any atom is 0.397 e. The van der Waals surface area contributed by atoms with E-state index < -0.39 is 59.8 Å². The zero-order chi connectivity index (χ0) is 41.1. The molecule has 1 aliphatic heterocycles. The molecule has 330 valence electrons. The molecule has 1 fully saturated rings. The van der Waals surface area contributed by atoms with Gasteiger partial charge in [0.25, 0.3) is 0 Å². The van der Waals surface area contributed by atoms with Crippen molar-refractivity contribution in [2.24, 2.45) is 0 Å². The summed E-state index contributed by atoms with van der Waals surface area (Å²) in [6, 6.07) is 0. The van der Waals surface area contributed by atoms with Gasteiger partial charge < -0.3 is 34.3 Å². The number of aliphatic hydroxyl groups is 3. The van der Waals surface area contributed by atoms with Crippen LogP contribution in [0.15, 0.2) is 24.3 Å². The zero-order valence-electron chi connectivity index (χ0n) is 34.9. The van der Waals surface area contributed by atoms with E-state index in [1.54, 1.807) is 0 Å². The van der Waals surface area contributed by atoms with Crippen LogP contribution in [0.3, 0.4) is 0 Å². The van der Waals surface area contributed by atoms with Crippen molar-refractivity contribution >= 4 is 16.4 Å². The monoisotopic (exact) mass is 821 g/mol. The van der Waals surface area contributed by atoms with Crippen molar-refractivity contribution in [1.29, 1.82) is 0 Å². The van der Waals surface area contributed by atoms with E-state index in [4.69, 9.17) is 23.5 Å². The minimum Gasteiger partial charge on any atom is -0.457 e. The van der Waals surface area contributed by atoms with Gasteiger partial charge in [-0.15, -0.1) is 0 Å². The molecule has 4 N–H and O–H groups in total. The lowest BCUT2D eigenvalue weighted by molar-refractivity contribution is -0.301. The fourth-order valence-corrected chi connectivity index (χ4v) is 7.17. The first-order valence-electron chi connectivity index (χ1n) is 22.1. The summed E-state index contributed by atoms with van der Waals surface area (Å²) in [5, 5.41) is 30.6. The maximum atomic E-state index is 12.8. The largest absolute Gasteiger partial charge is 0.457 e. The Balaban J connectivity index is 2.45. The Hall–Kier alpha value is -1.42. The van der Waals surface area contributed by atoms with Crippen LogP contribution in [0, 0.1) is 0 Å². The van der Waals surface area contributed by atoms with Crippen LogP contribution in [0.2, 0.25) is 0 Å². The van der Waals surface area contributed by atoms with Gasteiger partial charge in [0.05, 0.1) is 19.8 Å². The summed E-state index contributed by atoms with van der Waals surface area (Å²) in [5.41, 5.74) is 0. The lowest BCUT2D eigenvalue weighted by atomic mass is 9.99. The average Bonchev–Trinajstić information content (AvgIpc) is 3.17. The summed E-state index contributed by atoms with van der Waals surface area (Å²) >= 11 is 0. The molecule has 1 saturated heterocycles. The Morgan fingerprint density at radius 2 is 1.12 bits per heavy atom. The topological polar surface area (TPSA) is 178 Å². The van der Waals surface area contributed by atoms with Gasteiger partial charge >= 0.3 is 16.4 Å². The van der Waals surface area contributed by atoms with Crippen molar-refractivity contribution in [1.82, 2.24) is 0 Å². The molecule has 1 aliphatic rings. The van der Waals surface area contributed by atoms with Crippen LogP contribution in [-0.4, -0.2) is 97.5 Å². The number of allylic oxidation sites excluding steroid dienone is 4. The molecule has 12 nitrogen and oxygen atoms in total. The lowest BCUT2D eigenvalue weighted by Gasteiger charge is -2.41. The van der Waals surface area contributed by atoms with Crippen LogP contribution in [0.1, 0.15) is 181 Å². The molecule has 1 heterocycles. The molecule has 56 heavy (non-hydrogen) atoms. The third kappa shape index (κ3) is 28.9. The number of hydrogen-bond donors (Lipinski definition) is 4. The summed E-state index contributed by atoms with van der Waals surface area (Å²) < 4.78 is 59.0. The van der Waals surface area contributed by atoms with Gasteiger partial charge in [-0.3, -0.25) is 9.35 Å². The molecule has 13 heteroatoms. The standard InChI is InChI=1S/C43H80O12S/c1-3-5-7-9-11-13-15-17-18-19-21-23-25-27-29-31-33-51-35-37(36-52-43-41(47)42(55-56(48,49)50)40(46)38(34-44)54-43)53-39(45)32-30-28-26-24-22-20-16-14-12-10-8-6-4-2/h14,16-18,37-38,40-44,46-47H,3-13,15,19-36H2,1-2H3,(H,48,49,50)/b16-14-,18-17-. The van der Waals surface area contributed by atoms with Crippen LogP contribution in [0.5, 0.6) is 0 Å². The van der Waals surface area contributed by atoms with Gasteiger partial charge in [0.1, 0.15) is 30.5 Å². The average molecular weight is 821 g/mol. The van der Waals surface area contributed by atoms with E-state index in [1.165, 1.54) is 89.9 Å². The Kier molecular flexibility index (Phi) is 33.4. The van der Waals surface area contributed by atoms with Crippen molar-refractivity contribution in [3.8, 4) is 0 Å². The highest BCUT2D eigenvalue weighted by Crippen LogP contribution is 2.26. The molecule has 0 aliphatic carbocycles. The Morgan fingerprint density at radius 3 is 1.62 bits per heavy atom. The van der Waals surface area contributed by atoms with Crippen molar-refractivity contribution in [2.75, 3.05) is 26.4 Å². The van der Waals surface area contributed by atoms with Gasteiger partial charge in [-0.2, -0.15) is 8.42 Å². The number of unbranched alkanes of at least 4 members (excludes halogenated alkanes) is 21. The molecule has 0 bridgehead atoms. The van der Waals surface area contributed by atoms with Crippen LogP contribution in [-0.2, 0) is 38.3 Å². The zero-order valence-corrected chi connectivity index (χ0v) is 35.8. The predicted molar refractivity (Wildman–Crippen MR) is 221 cm³/mol. The summed E-state index contributed by atoms with van der Waals surface area (Å²) in [6.07, 6.45) is 29.2. The molecular formula is C43H80O12S. The molecule has 1 rings (SSSR count). The van der Waals surface area contributed by atoms with Crippen molar-refractivity contribution in [2.45, 2.75) is 218 Å². The quantitative estimate of drug-likeness (QED) is 0.0202. The first-order chi connectivity index (χ1) is 27.1. The van der Waals surface area contributed by atoms with Gasteiger partial charge in [-0.25, -0.2) is 4.18 Å².